The molecule has 122 valence electrons. The summed E-state index contributed by atoms with van der Waals surface area (Å²) < 4.78 is 29.3. The fourth-order valence-electron chi connectivity index (χ4n) is 2.27. The molecule has 0 aliphatic carbocycles. The number of rotatable bonds is 6. The summed E-state index contributed by atoms with van der Waals surface area (Å²) in [5, 5.41) is 13.3. The zero-order valence-electron chi connectivity index (χ0n) is 13.4. The lowest BCUT2D eigenvalue weighted by Crippen LogP contribution is -2.15. The van der Waals surface area contributed by atoms with Crippen molar-refractivity contribution in [3.8, 4) is 0 Å². The van der Waals surface area contributed by atoms with Crippen LogP contribution in [0.2, 0.25) is 0 Å². The van der Waals surface area contributed by atoms with Gasteiger partial charge in [-0.1, -0.05) is 25.2 Å². The number of anilines is 1. The molecule has 0 aliphatic rings. The molecular weight excluding hydrogens is 322 g/mol. The first-order valence-electron chi connectivity index (χ1n) is 7.13. The molecule has 0 amide bonds. The van der Waals surface area contributed by atoms with E-state index in [-0.39, 0.29) is 4.90 Å². The van der Waals surface area contributed by atoms with Gasteiger partial charge >= 0.3 is 0 Å². The van der Waals surface area contributed by atoms with Crippen molar-refractivity contribution in [1.82, 2.24) is 20.0 Å². The normalized spacial score (nSPS) is 12.1. The summed E-state index contributed by atoms with van der Waals surface area (Å²) in [4.78, 5) is 0.218. The molecule has 1 N–H and O–H groups in total. The lowest BCUT2D eigenvalue weighted by Gasteiger charge is -2.05. The Hall–Kier alpha value is -1.48. The molecule has 0 atom stereocenters. The summed E-state index contributed by atoms with van der Waals surface area (Å²) in [5.74, 6) is 0.449. The van der Waals surface area contributed by atoms with Crippen LogP contribution in [0.1, 0.15) is 37.2 Å². The molecule has 9 heteroatoms. The maximum atomic E-state index is 12.6. The van der Waals surface area contributed by atoms with E-state index in [2.05, 4.69) is 33.9 Å². The summed E-state index contributed by atoms with van der Waals surface area (Å²) >= 11 is 1.27. The smallest absolute Gasteiger partial charge is 0.267 e. The van der Waals surface area contributed by atoms with Gasteiger partial charge in [0, 0.05) is 13.0 Å². The average molecular weight is 343 g/mol. The number of hydrogen-bond acceptors (Lipinski definition) is 6. The van der Waals surface area contributed by atoms with Crippen LogP contribution in [0.5, 0.6) is 0 Å². The van der Waals surface area contributed by atoms with Crippen LogP contribution >= 0.6 is 11.3 Å². The Morgan fingerprint density at radius 2 is 1.95 bits per heavy atom. The zero-order chi connectivity index (χ0) is 16.5. The van der Waals surface area contributed by atoms with Crippen LogP contribution < -0.4 is 4.72 Å². The Balaban J connectivity index is 2.28. The van der Waals surface area contributed by atoms with Crippen molar-refractivity contribution in [2.75, 3.05) is 4.72 Å². The fraction of sp³-hybridized carbons (Fsp3) is 0.615. The monoisotopic (exact) mass is 343 g/mol. The highest BCUT2D eigenvalue weighted by Gasteiger charge is 2.25. The van der Waals surface area contributed by atoms with Crippen LogP contribution in [0.15, 0.2) is 4.90 Å². The minimum absolute atomic E-state index is 0.218. The van der Waals surface area contributed by atoms with Crippen molar-refractivity contribution < 1.29 is 8.42 Å². The predicted octanol–water partition coefficient (Wildman–Crippen LogP) is 2.37. The van der Waals surface area contributed by atoms with Crippen molar-refractivity contribution in [2.24, 2.45) is 5.92 Å². The number of nitrogens with one attached hydrogen (secondary N) is 1. The van der Waals surface area contributed by atoms with E-state index in [9.17, 15) is 8.42 Å². The van der Waals surface area contributed by atoms with E-state index in [1.54, 1.807) is 18.5 Å². The molecule has 2 rings (SSSR count). The van der Waals surface area contributed by atoms with E-state index in [1.165, 1.54) is 11.3 Å². The van der Waals surface area contributed by atoms with Gasteiger partial charge < -0.3 is 0 Å². The highest BCUT2D eigenvalue weighted by molar-refractivity contribution is 7.93. The number of nitrogens with zero attached hydrogens (tertiary/aromatic N) is 4. The van der Waals surface area contributed by atoms with Crippen LogP contribution in [0, 0.1) is 19.8 Å². The standard InChI is InChI=1S/C13H21N5O2S2/c1-6-18-10(5)12(9(4)16-18)22(19,20)17-13-15-14-11(21-13)7-8(2)3/h8H,6-7H2,1-5H3,(H,15,17). The molecule has 0 bridgehead atoms. The summed E-state index contributed by atoms with van der Waals surface area (Å²) in [7, 11) is -3.70. The van der Waals surface area contributed by atoms with Crippen LogP contribution in [0.25, 0.3) is 0 Å². The van der Waals surface area contributed by atoms with Gasteiger partial charge in [0.05, 0.1) is 11.4 Å². The van der Waals surface area contributed by atoms with Crippen LogP contribution in [-0.2, 0) is 23.0 Å². The molecule has 0 unspecified atom stereocenters. The fourth-order valence-corrected chi connectivity index (χ4v) is 4.87. The first-order valence-corrected chi connectivity index (χ1v) is 9.43. The lowest BCUT2D eigenvalue weighted by molar-refractivity contribution is 0.598. The molecule has 0 aromatic carbocycles. The Morgan fingerprint density at radius 1 is 1.27 bits per heavy atom. The minimum Gasteiger partial charge on any atom is -0.268 e. The summed E-state index contributed by atoms with van der Waals surface area (Å²) in [6.07, 6.45) is 0.783. The topological polar surface area (TPSA) is 89.8 Å². The van der Waals surface area contributed by atoms with Crippen molar-refractivity contribution >= 4 is 26.5 Å². The van der Waals surface area contributed by atoms with Crippen molar-refractivity contribution in [1.29, 1.82) is 0 Å². The number of hydrogen-bond donors (Lipinski definition) is 1. The molecule has 0 spiro atoms. The first-order chi connectivity index (χ1) is 10.2. The predicted molar refractivity (Wildman–Crippen MR) is 86.6 cm³/mol. The second kappa shape index (κ2) is 6.33. The second-order valence-corrected chi connectivity index (χ2v) is 8.20. The molecule has 7 nitrogen and oxygen atoms in total. The van der Waals surface area contributed by atoms with E-state index in [0.717, 1.165) is 11.4 Å². The molecule has 0 aliphatic heterocycles. The van der Waals surface area contributed by atoms with E-state index in [1.807, 2.05) is 6.92 Å². The average Bonchev–Trinajstić information content (AvgIpc) is 2.92. The molecule has 0 saturated heterocycles. The van der Waals surface area contributed by atoms with Gasteiger partial charge in [0.15, 0.2) is 0 Å². The Kier molecular flexibility index (Phi) is 4.86. The number of aromatic nitrogens is 4. The molecule has 2 aromatic rings. The maximum absolute atomic E-state index is 12.6. The van der Waals surface area contributed by atoms with Gasteiger partial charge in [-0.3, -0.25) is 9.40 Å². The minimum atomic E-state index is -3.70. The second-order valence-electron chi connectivity index (χ2n) is 5.52. The van der Waals surface area contributed by atoms with Gasteiger partial charge in [-0.25, -0.2) is 8.42 Å². The lowest BCUT2D eigenvalue weighted by atomic mass is 10.1. The summed E-state index contributed by atoms with van der Waals surface area (Å²) in [6, 6.07) is 0. The van der Waals surface area contributed by atoms with Crippen LogP contribution in [0.4, 0.5) is 5.13 Å². The molecule has 2 heterocycles. The molecule has 0 radical (unpaired) electrons. The third-order valence-corrected chi connectivity index (χ3v) is 5.74. The highest BCUT2D eigenvalue weighted by atomic mass is 32.2. The van der Waals surface area contributed by atoms with E-state index >= 15 is 0 Å². The SMILES string of the molecule is CCn1nc(C)c(S(=O)(=O)Nc2nnc(CC(C)C)s2)c1C. The van der Waals surface area contributed by atoms with Gasteiger partial charge in [0.25, 0.3) is 10.0 Å². The van der Waals surface area contributed by atoms with E-state index in [0.29, 0.717) is 29.0 Å². The van der Waals surface area contributed by atoms with Crippen LogP contribution in [0.3, 0.4) is 0 Å². The van der Waals surface area contributed by atoms with Gasteiger partial charge in [-0.05, 0) is 26.7 Å². The Labute approximate surface area is 134 Å². The number of aryl methyl sites for hydroxylation is 2. The summed E-state index contributed by atoms with van der Waals surface area (Å²) in [5.41, 5.74) is 1.11. The molecule has 22 heavy (non-hydrogen) atoms. The Bertz CT molecular complexity index is 761. The summed E-state index contributed by atoms with van der Waals surface area (Å²) in [6.45, 7) is 10.2. The largest absolute Gasteiger partial charge is 0.268 e. The third-order valence-electron chi connectivity index (χ3n) is 3.15. The van der Waals surface area contributed by atoms with Gasteiger partial charge in [-0.15, -0.1) is 10.2 Å². The van der Waals surface area contributed by atoms with E-state index < -0.39 is 10.0 Å². The van der Waals surface area contributed by atoms with Crippen molar-refractivity contribution in [3.05, 3.63) is 16.4 Å². The van der Waals surface area contributed by atoms with Crippen molar-refractivity contribution in [3.63, 3.8) is 0 Å². The number of sulfonamides is 1. The van der Waals surface area contributed by atoms with Gasteiger partial charge in [-0.2, -0.15) is 5.10 Å². The zero-order valence-corrected chi connectivity index (χ0v) is 15.0. The quantitative estimate of drug-likeness (QED) is 0.869. The van der Waals surface area contributed by atoms with Gasteiger partial charge in [0.1, 0.15) is 9.90 Å². The first kappa shape index (κ1) is 16.9. The maximum Gasteiger partial charge on any atom is 0.267 e. The molecule has 2 aromatic heterocycles. The Morgan fingerprint density at radius 3 is 2.50 bits per heavy atom. The molecule has 0 saturated carbocycles. The van der Waals surface area contributed by atoms with Gasteiger partial charge in [0.2, 0.25) is 5.13 Å². The molecule has 0 fully saturated rings. The molecular formula is C13H21N5O2S2. The van der Waals surface area contributed by atoms with Crippen molar-refractivity contribution in [2.45, 2.75) is 52.5 Å². The third kappa shape index (κ3) is 3.46. The highest BCUT2D eigenvalue weighted by Crippen LogP contribution is 2.25. The van der Waals surface area contributed by atoms with Crippen LogP contribution in [-0.4, -0.2) is 28.4 Å². The van der Waals surface area contributed by atoms with E-state index in [4.69, 9.17) is 0 Å².